The molecule has 0 saturated carbocycles. The molecule has 3 aliphatic rings. The summed E-state index contributed by atoms with van der Waals surface area (Å²) in [5.74, 6) is -2.92. The second-order valence-electron chi connectivity index (χ2n) is 10.1. The molecule has 0 radical (unpaired) electrons. The number of benzene rings is 1. The third-order valence-electron chi connectivity index (χ3n) is 7.55. The molecule has 2 aromatic rings. The molecule has 1 unspecified atom stereocenters. The Morgan fingerprint density at radius 2 is 2.13 bits per heavy atom. The first-order valence-corrected chi connectivity index (χ1v) is 12.5. The van der Waals surface area contributed by atoms with Crippen LogP contribution in [0.3, 0.4) is 0 Å². The molecule has 3 aliphatic heterocycles. The number of hydrogen-bond donors (Lipinski definition) is 2. The molecule has 1 fully saturated rings. The normalized spacial score (nSPS) is 23.8. The molecule has 1 saturated heterocycles. The van der Waals surface area contributed by atoms with E-state index in [9.17, 15) is 32.7 Å². The van der Waals surface area contributed by atoms with Crippen molar-refractivity contribution in [3.05, 3.63) is 62.8 Å². The number of nitrogens with one attached hydrogen (secondary N) is 1. The molecule has 1 spiro atoms. The Hall–Kier alpha value is -4.03. The Balaban J connectivity index is 1.50. The Bertz CT molecular complexity index is 1430. The Morgan fingerprint density at radius 1 is 1.36 bits per heavy atom. The molecule has 5 rings (SSSR count). The topological polar surface area (TPSA) is 122 Å². The van der Waals surface area contributed by atoms with Gasteiger partial charge in [0.05, 0.1) is 12.5 Å². The molecule has 2 bridgehead atoms. The van der Waals surface area contributed by atoms with Crippen molar-refractivity contribution in [1.82, 2.24) is 14.8 Å². The van der Waals surface area contributed by atoms with Crippen LogP contribution >= 0.6 is 0 Å². The van der Waals surface area contributed by atoms with Gasteiger partial charge in [0.1, 0.15) is 11.4 Å². The van der Waals surface area contributed by atoms with Crippen LogP contribution in [0.25, 0.3) is 0 Å². The van der Waals surface area contributed by atoms with Gasteiger partial charge in [0, 0.05) is 30.9 Å². The second kappa shape index (κ2) is 9.93. The first-order valence-electron chi connectivity index (χ1n) is 12.5. The van der Waals surface area contributed by atoms with E-state index in [2.05, 4.69) is 10.5 Å². The number of oxime groups is 1. The largest absolute Gasteiger partial charge is 0.503 e. The summed E-state index contributed by atoms with van der Waals surface area (Å²) in [7, 11) is 0. The fourth-order valence-corrected chi connectivity index (χ4v) is 5.39. The van der Waals surface area contributed by atoms with E-state index in [4.69, 9.17) is 9.57 Å². The number of fused-ring (bicyclic) bond motifs is 5. The monoisotopic (exact) mass is 548 g/mol. The number of aromatic hydroxyl groups is 1. The van der Waals surface area contributed by atoms with Gasteiger partial charge in [0.2, 0.25) is 11.3 Å². The third-order valence-corrected chi connectivity index (χ3v) is 7.55. The number of alkyl halides is 2. The average Bonchev–Trinajstić information content (AvgIpc) is 3.26. The molecule has 3 atom stereocenters. The Labute approximate surface area is 221 Å². The van der Waals surface area contributed by atoms with Crippen molar-refractivity contribution >= 4 is 17.7 Å². The van der Waals surface area contributed by atoms with Crippen LogP contribution in [-0.4, -0.2) is 63.5 Å². The third kappa shape index (κ3) is 4.70. The van der Waals surface area contributed by atoms with Crippen molar-refractivity contribution in [2.24, 2.45) is 5.16 Å². The van der Waals surface area contributed by atoms with E-state index < -0.39 is 59.0 Å². The molecular formula is C26H27F3N4O6. The van der Waals surface area contributed by atoms with Gasteiger partial charge >= 0.3 is 0 Å². The summed E-state index contributed by atoms with van der Waals surface area (Å²) in [4.78, 5) is 46.7. The van der Waals surface area contributed by atoms with Crippen molar-refractivity contribution in [3.8, 4) is 5.75 Å². The lowest BCUT2D eigenvalue weighted by atomic mass is 9.85. The number of ether oxygens (including phenoxy) is 1. The molecule has 0 aliphatic carbocycles. The number of carbonyl (C=O) groups is 2. The molecule has 39 heavy (non-hydrogen) atoms. The summed E-state index contributed by atoms with van der Waals surface area (Å²) >= 11 is 0. The lowest BCUT2D eigenvalue weighted by Gasteiger charge is -2.41. The predicted molar refractivity (Wildman–Crippen MR) is 131 cm³/mol. The minimum atomic E-state index is -2.71. The van der Waals surface area contributed by atoms with Crippen molar-refractivity contribution < 1.29 is 37.4 Å². The number of aromatic nitrogens is 1. The van der Waals surface area contributed by atoms with Crippen molar-refractivity contribution in [3.63, 3.8) is 0 Å². The number of carbonyl (C=O) groups excluding carboxylic acids is 2. The van der Waals surface area contributed by atoms with Gasteiger partial charge in [0.25, 0.3) is 18.2 Å². The summed E-state index contributed by atoms with van der Waals surface area (Å²) in [5, 5.41) is 17.2. The highest BCUT2D eigenvalue weighted by Gasteiger charge is 2.54. The van der Waals surface area contributed by atoms with Crippen LogP contribution in [-0.2, 0) is 16.1 Å². The SMILES string of the molecule is Cc1ccc(CNC(=O)c2cn3c(c(O)c2=O)C(=O)N2CC3[C@]3(CC[C@@H]2C)CC(OCC(F)F)=NO3)c(F)c1. The average molecular weight is 549 g/mol. The van der Waals surface area contributed by atoms with Crippen LogP contribution in [0.4, 0.5) is 13.2 Å². The van der Waals surface area contributed by atoms with Gasteiger partial charge in [0.15, 0.2) is 23.7 Å². The first kappa shape index (κ1) is 26.6. The molecule has 2 N–H and O–H groups in total. The van der Waals surface area contributed by atoms with Crippen molar-refractivity contribution in [2.45, 2.75) is 63.8 Å². The molecule has 10 nitrogen and oxygen atoms in total. The molecule has 1 aromatic heterocycles. The maximum Gasteiger partial charge on any atom is 0.274 e. The van der Waals surface area contributed by atoms with Gasteiger partial charge in [-0.3, -0.25) is 14.4 Å². The van der Waals surface area contributed by atoms with Gasteiger partial charge in [-0.1, -0.05) is 17.3 Å². The minimum absolute atomic E-state index is 0.0136. The van der Waals surface area contributed by atoms with Crippen LogP contribution in [0, 0.1) is 12.7 Å². The minimum Gasteiger partial charge on any atom is -0.503 e. The van der Waals surface area contributed by atoms with Crippen LogP contribution in [0.2, 0.25) is 0 Å². The highest BCUT2D eigenvalue weighted by Crippen LogP contribution is 2.46. The lowest BCUT2D eigenvalue weighted by Crippen LogP contribution is -2.52. The molecule has 1 aromatic carbocycles. The smallest absolute Gasteiger partial charge is 0.274 e. The van der Waals surface area contributed by atoms with E-state index in [1.165, 1.54) is 27.8 Å². The maximum absolute atomic E-state index is 14.2. The molecule has 208 valence electrons. The summed E-state index contributed by atoms with van der Waals surface area (Å²) in [6.45, 7) is 2.56. The van der Waals surface area contributed by atoms with Gasteiger partial charge in [-0.25, -0.2) is 13.2 Å². The van der Waals surface area contributed by atoms with E-state index in [0.717, 1.165) is 0 Å². The number of pyridine rings is 1. The summed E-state index contributed by atoms with van der Waals surface area (Å²) in [6.07, 6.45) is -0.696. The van der Waals surface area contributed by atoms with Gasteiger partial charge in [-0.05, 0) is 38.3 Å². The fourth-order valence-electron chi connectivity index (χ4n) is 5.39. The van der Waals surface area contributed by atoms with E-state index in [0.29, 0.717) is 18.4 Å². The zero-order chi connectivity index (χ0) is 28.1. The van der Waals surface area contributed by atoms with Crippen molar-refractivity contribution in [2.75, 3.05) is 13.2 Å². The standard InChI is InChI=1S/C26H27F3N4O6/c1-13-3-4-15(17(27)7-13)9-30-24(36)16-10-33-18-11-32(25(37)21(33)23(35)22(16)34)14(2)5-6-26(18)8-20(31-39-26)38-12-19(28)29/h3-4,7,10,14,18-19,35H,5-6,8-9,11-12H2,1-2H3,(H,30,36)/t14-,18?,26-/m0/s1. The molecule has 13 heteroatoms. The van der Waals surface area contributed by atoms with Gasteiger partial charge in [-0.15, -0.1) is 0 Å². The Kier molecular flexibility index (Phi) is 6.77. The quantitative estimate of drug-likeness (QED) is 0.593. The number of amides is 2. The summed E-state index contributed by atoms with van der Waals surface area (Å²) < 4.78 is 46.1. The van der Waals surface area contributed by atoms with Crippen LogP contribution < -0.4 is 10.7 Å². The molecule has 2 amide bonds. The van der Waals surface area contributed by atoms with Crippen LogP contribution in [0.1, 0.15) is 64.2 Å². The zero-order valence-electron chi connectivity index (χ0n) is 21.2. The number of nitrogens with zero attached hydrogens (tertiary/aromatic N) is 3. The Morgan fingerprint density at radius 3 is 2.85 bits per heavy atom. The van der Waals surface area contributed by atoms with Crippen molar-refractivity contribution in [1.29, 1.82) is 0 Å². The summed E-state index contributed by atoms with van der Waals surface area (Å²) in [5.41, 5.74) is -2.06. The number of rotatable bonds is 5. The molecule has 4 heterocycles. The van der Waals surface area contributed by atoms with E-state index >= 15 is 0 Å². The molecular weight excluding hydrogens is 521 g/mol. The van der Waals surface area contributed by atoms with Gasteiger partial charge in [-0.2, -0.15) is 0 Å². The summed E-state index contributed by atoms with van der Waals surface area (Å²) in [6, 6.07) is 3.48. The predicted octanol–water partition coefficient (Wildman–Crippen LogP) is 2.86. The first-order chi connectivity index (χ1) is 18.5. The van der Waals surface area contributed by atoms with Crippen LogP contribution in [0.5, 0.6) is 5.75 Å². The van der Waals surface area contributed by atoms with E-state index in [-0.39, 0.29) is 42.7 Å². The zero-order valence-corrected chi connectivity index (χ0v) is 21.2. The number of hydrogen-bond acceptors (Lipinski definition) is 7. The number of aryl methyl sites for hydroxylation is 1. The highest BCUT2D eigenvalue weighted by molar-refractivity contribution is 5.99. The fraction of sp³-hybridized carbons (Fsp3) is 0.462. The maximum atomic E-state index is 14.2. The highest BCUT2D eigenvalue weighted by atomic mass is 19.3. The van der Waals surface area contributed by atoms with Gasteiger partial charge < -0.3 is 29.5 Å². The lowest BCUT2D eigenvalue weighted by molar-refractivity contribution is -0.0655. The van der Waals surface area contributed by atoms with Crippen LogP contribution in [0.15, 0.2) is 34.3 Å². The second-order valence-corrected chi connectivity index (χ2v) is 10.1. The van der Waals surface area contributed by atoms with E-state index in [1.807, 2.05) is 6.92 Å². The van der Waals surface area contributed by atoms with E-state index in [1.54, 1.807) is 13.0 Å². The number of halogens is 3.